The van der Waals surface area contributed by atoms with Gasteiger partial charge in [-0.2, -0.15) is 0 Å². The predicted molar refractivity (Wildman–Crippen MR) is 70.6 cm³/mol. The van der Waals surface area contributed by atoms with Gasteiger partial charge in [0.2, 0.25) is 0 Å². The zero-order valence-electron chi connectivity index (χ0n) is 11.9. The molecule has 2 N–H and O–H groups in total. The van der Waals surface area contributed by atoms with Crippen LogP contribution < -0.4 is 5.73 Å². The monoisotopic (exact) mass is 227 g/mol. The number of nitrogens with two attached hydrogens (primary N) is 1. The van der Waals surface area contributed by atoms with Crippen molar-refractivity contribution in [3.63, 3.8) is 0 Å². The Labute approximate surface area is 101 Å². The van der Waals surface area contributed by atoms with Crippen LogP contribution in [-0.4, -0.2) is 54.1 Å². The predicted octanol–water partition coefficient (Wildman–Crippen LogP) is 1.53. The van der Waals surface area contributed by atoms with E-state index in [9.17, 15) is 0 Å². The molecular weight excluding hydrogens is 198 g/mol. The molecule has 0 aromatic carbocycles. The van der Waals surface area contributed by atoms with Crippen molar-refractivity contribution in [1.82, 2.24) is 9.80 Å². The van der Waals surface area contributed by atoms with Crippen LogP contribution in [-0.2, 0) is 0 Å². The van der Waals surface area contributed by atoms with Crippen molar-refractivity contribution in [2.75, 3.05) is 27.2 Å². The van der Waals surface area contributed by atoms with Crippen LogP contribution >= 0.6 is 0 Å². The summed E-state index contributed by atoms with van der Waals surface area (Å²) in [4.78, 5) is 4.88. The molecule has 1 aliphatic heterocycles. The highest BCUT2D eigenvalue weighted by molar-refractivity contribution is 5.01. The van der Waals surface area contributed by atoms with Gasteiger partial charge < -0.3 is 10.6 Å². The second kappa shape index (κ2) is 4.63. The Morgan fingerprint density at radius 2 is 1.56 bits per heavy atom. The van der Waals surface area contributed by atoms with Crippen LogP contribution in [0.15, 0.2) is 0 Å². The fourth-order valence-electron chi connectivity index (χ4n) is 3.30. The van der Waals surface area contributed by atoms with Crippen LogP contribution in [0.1, 0.15) is 40.5 Å². The highest BCUT2D eigenvalue weighted by atomic mass is 15.3. The smallest absolute Gasteiger partial charge is 0.0173 e. The van der Waals surface area contributed by atoms with E-state index in [1.54, 1.807) is 0 Å². The molecule has 1 fully saturated rings. The van der Waals surface area contributed by atoms with Crippen LogP contribution in [0.3, 0.4) is 0 Å². The van der Waals surface area contributed by atoms with Crippen molar-refractivity contribution in [3.05, 3.63) is 0 Å². The molecule has 3 heteroatoms. The maximum Gasteiger partial charge on any atom is 0.0173 e. The van der Waals surface area contributed by atoms with E-state index in [-0.39, 0.29) is 11.1 Å². The van der Waals surface area contributed by atoms with Gasteiger partial charge in [0.1, 0.15) is 0 Å². The molecule has 0 amide bonds. The van der Waals surface area contributed by atoms with Crippen molar-refractivity contribution < 1.29 is 0 Å². The summed E-state index contributed by atoms with van der Waals surface area (Å²) in [6.07, 6.45) is 2.20. The third kappa shape index (κ3) is 3.19. The second-order valence-corrected chi connectivity index (χ2v) is 6.75. The van der Waals surface area contributed by atoms with Gasteiger partial charge in [0.15, 0.2) is 0 Å². The molecule has 0 spiro atoms. The summed E-state index contributed by atoms with van der Waals surface area (Å²) in [6, 6.07) is 0.348. The lowest BCUT2D eigenvalue weighted by molar-refractivity contribution is -0.0374. The van der Waals surface area contributed by atoms with Gasteiger partial charge in [-0.05, 0) is 54.6 Å². The Bertz CT molecular complexity index is 215. The number of likely N-dealkylation sites (tertiary alicyclic amines) is 1. The quantitative estimate of drug-likeness (QED) is 0.793. The third-order valence-electron chi connectivity index (χ3n) is 3.76. The van der Waals surface area contributed by atoms with Gasteiger partial charge >= 0.3 is 0 Å². The van der Waals surface area contributed by atoms with Crippen molar-refractivity contribution in [2.24, 2.45) is 5.73 Å². The standard InChI is InChI=1S/C13H29N3/c1-12(2)9-11(14)10-13(3,4)16(12)8-7-15(5)6/h11H,7-10,14H2,1-6H3. The molecule has 0 atom stereocenters. The molecule has 1 saturated heterocycles. The van der Waals surface area contributed by atoms with E-state index in [0.29, 0.717) is 6.04 Å². The van der Waals surface area contributed by atoms with Crippen LogP contribution in [0, 0.1) is 0 Å². The van der Waals surface area contributed by atoms with Crippen molar-refractivity contribution in [1.29, 1.82) is 0 Å². The Kier molecular flexibility index (Phi) is 4.04. The summed E-state index contributed by atoms with van der Waals surface area (Å²) in [7, 11) is 4.27. The normalized spacial score (nSPS) is 26.2. The van der Waals surface area contributed by atoms with E-state index in [4.69, 9.17) is 5.73 Å². The van der Waals surface area contributed by atoms with Gasteiger partial charge in [-0.3, -0.25) is 4.90 Å². The highest BCUT2D eigenvalue weighted by Gasteiger charge is 2.43. The minimum atomic E-state index is 0.219. The van der Waals surface area contributed by atoms with E-state index < -0.39 is 0 Å². The molecule has 16 heavy (non-hydrogen) atoms. The summed E-state index contributed by atoms with van der Waals surface area (Å²) in [5, 5.41) is 0. The van der Waals surface area contributed by atoms with E-state index in [1.165, 1.54) is 0 Å². The van der Waals surface area contributed by atoms with E-state index >= 15 is 0 Å². The first-order valence-corrected chi connectivity index (χ1v) is 6.33. The topological polar surface area (TPSA) is 32.5 Å². The first-order chi connectivity index (χ1) is 7.15. The summed E-state index contributed by atoms with van der Waals surface area (Å²) < 4.78 is 0. The summed E-state index contributed by atoms with van der Waals surface area (Å²) >= 11 is 0. The number of hydrogen-bond acceptors (Lipinski definition) is 3. The maximum absolute atomic E-state index is 6.17. The lowest BCUT2D eigenvalue weighted by Gasteiger charge is -2.55. The maximum atomic E-state index is 6.17. The van der Waals surface area contributed by atoms with Crippen LogP contribution in [0.2, 0.25) is 0 Å². The Balaban J connectivity index is 2.76. The minimum Gasteiger partial charge on any atom is -0.328 e. The van der Waals surface area contributed by atoms with Gasteiger partial charge in [0.05, 0.1) is 0 Å². The Morgan fingerprint density at radius 1 is 1.12 bits per heavy atom. The zero-order chi connectivity index (χ0) is 12.6. The molecule has 96 valence electrons. The van der Waals surface area contributed by atoms with E-state index in [2.05, 4.69) is 51.6 Å². The third-order valence-corrected chi connectivity index (χ3v) is 3.76. The van der Waals surface area contributed by atoms with Gasteiger partial charge in [-0.25, -0.2) is 0 Å². The Hall–Kier alpha value is -0.120. The molecule has 0 bridgehead atoms. The van der Waals surface area contributed by atoms with Gasteiger partial charge in [0, 0.05) is 30.2 Å². The summed E-state index contributed by atoms with van der Waals surface area (Å²) in [5.41, 5.74) is 6.61. The number of piperidine rings is 1. The van der Waals surface area contributed by atoms with Crippen LogP contribution in [0.25, 0.3) is 0 Å². The van der Waals surface area contributed by atoms with Crippen molar-refractivity contribution >= 4 is 0 Å². The molecule has 1 rings (SSSR count). The molecule has 0 saturated carbocycles. The fourth-order valence-corrected chi connectivity index (χ4v) is 3.30. The van der Waals surface area contributed by atoms with E-state index in [0.717, 1.165) is 25.9 Å². The van der Waals surface area contributed by atoms with Crippen molar-refractivity contribution in [3.8, 4) is 0 Å². The van der Waals surface area contributed by atoms with Gasteiger partial charge in [-0.1, -0.05) is 0 Å². The molecule has 1 aliphatic rings. The SMILES string of the molecule is CN(C)CCN1C(C)(C)CC(N)CC1(C)C. The molecule has 3 nitrogen and oxygen atoms in total. The first kappa shape index (κ1) is 13.9. The lowest BCUT2D eigenvalue weighted by Crippen LogP contribution is -2.64. The number of hydrogen-bond donors (Lipinski definition) is 1. The number of likely N-dealkylation sites (N-methyl/N-ethyl adjacent to an activating group) is 1. The van der Waals surface area contributed by atoms with Crippen LogP contribution in [0.5, 0.6) is 0 Å². The molecule has 0 aromatic rings. The minimum absolute atomic E-state index is 0.219. The van der Waals surface area contributed by atoms with Gasteiger partial charge in [0.25, 0.3) is 0 Å². The molecule has 0 unspecified atom stereocenters. The summed E-state index contributed by atoms with van der Waals surface area (Å²) in [6.45, 7) is 11.5. The molecule has 0 aromatic heterocycles. The average molecular weight is 227 g/mol. The van der Waals surface area contributed by atoms with Crippen LogP contribution in [0.4, 0.5) is 0 Å². The molecular formula is C13H29N3. The second-order valence-electron chi connectivity index (χ2n) is 6.75. The van der Waals surface area contributed by atoms with Gasteiger partial charge in [-0.15, -0.1) is 0 Å². The van der Waals surface area contributed by atoms with E-state index in [1.807, 2.05) is 0 Å². The Morgan fingerprint density at radius 3 is 1.94 bits per heavy atom. The molecule has 0 aliphatic carbocycles. The lowest BCUT2D eigenvalue weighted by atomic mass is 9.77. The summed E-state index contributed by atoms with van der Waals surface area (Å²) in [5.74, 6) is 0. The molecule has 1 heterocycles. The number of nitrogens with zero attached hydrogens (tertiary/aromatic N) is 2. The number of rotatable bonds is 3. The fraction of sp³-hybridized carbons (Fsp3) is 1.00. The first-order valence-electron chi connectivity index (χ1n) is 6.33. The average Bonchev–Trinajstić information content (AvgIpc) is 1.96. The largest absolute Gasteiger partial charge is 0.328 e. The zero-order valence-corrected chi connectivity index (χ0v) is 11.9. The van der Waals surface area contributed by atoms with Crippen molar-refractivity contribution in [2.45, 2.75) is 57.7 Å². The molecule has 0 radical (unpaired) electrons. The highest BCUT2D eigenvalue weighted by Crippen LogP contribution is 2.37.